The lowest BCUT2D eigenvalue weighted by Gasteiger charge is -2.14. The van der Waals surface area contributed by atoms with Gasteiger partial charge in [0.25, 0.3) is 0 Å². The molecular weight excluding hydrogens is 262 g/mol. The Morgan fingerprint density at radius 2 is 2.00 bits per heavy atom. The summed E-state index contributed by atoms with van der Waals surface area (Å²) >= 11 is 0. The Hall–Kier alpha value is -1.65. The first-order chi connectivity index (χ1) is 10.2. The maximum atomic E-state index is 5.87. The zero-order valence-corrected chi connectivity index (χ0v) is 12.8. The van der Waals surface area contributed by atoms with Crippen molar-refractivity contribution in [3.8, 4) is 0 Å². The lowest BCUT2D eigenvalue weighted by atomic mass is 10.3. The van der Waals surface area contributed by atoms with E-state index in [1.807, 2.05) is 13.0 Å². The smallest absolute Gasteiger partial charge is 0.118 e. The molecule has 0 radical (unpaired) electrons. The lowest BCUT2D eigenvalue weighted by Crippen LogP contribution is -2.18. The number of hydrogen-bond donors (Lipinski definition) is 1. The van der Waals surface area contributed by atoms with E-state index < -0.39 is 0 Å². The summed E-state index contributed by atoms with van der Waals surface area (Å²) in [6.45, 7) is 4.50. The Balaban J connectivity index is 1.50. The summed E-state index contributed by atoms with van der Waals surface area (Å²) in [5.74, 6) is 2.04. The number of nitrogens with zero attached hydrogens (tertiary/aromatic N) is 2. The van der Waals surface area contributed by atoms with Gasteiger partial charge in [-0.15, -0.1) is 0 Å². The van der Waals surface area contributed by atoms with Crippen LogP contribution in [0, 0.1) is 6.92 Å². The van der Waals surface area contributed by atoms with E-state index in [2.05, 4.69) is 46.5 Å². The van der Waals surface area contributed by atoms with E-state index in [1.54, 1.807) is 0 Å². The maximum Gasteiger partial charge on any atom is 0.118 e. The third-order valence-corrected chi connectivity index (χ3v) is 3.66. The van der Waals surface area contributed by atoms with Crippen LogP contribution in [0.25, 0.3) is 0 Å². The van der Waals surface area contributed by atoms with Crippen molar-refractivity contribution in [2.75, 3.05) is 7.05 Å². The predicted octanol–water partition coefficient (Wildman–Crippen LogP) is 2.87. The first-order valence-electron chi connectivity index (χ1n) is 7.61. The van der Waals surface area contributed by atoms with E-state index >= 15 is 0 Å². The zero-order valence-electron chi connectivity index (χ0n) is 12.8. The van der Waals surface area contributed by atoms with Gasteiger partial charge in [0.05, 0.1) is 18.8 Å². The molecule has 2 aromatic rings. The van der Waals surface area contributed by atoms with Gasteiger partial charge < -0.3 is 9.73 Å². The minimum absolute atomic E-state index is 0.716. The Morgan fingerprint density at radius 3 is 2.76 bits per heavy atom. The molecule has 1 saturated carbocycles. The second-order valence-corrected chi connectivity index (χ2v) is 5.97. The van der Waals surface area contributed by atoms with Crippen LogP contribution in [0.3, 0.4) is 0 Å². The Labute approximate surface area is 126 Å². The van der Waals surface area contributed by atoms with Crippen LogP contribution in [0.5, 0.6) is 0 Å². The molecule has 0 spiro atoms. The van der Waals surface area contributed by atoms with Crippen LogP contribution in [0.4, 0.5) is 0 Å². The number of nitrogens with one attached hydrogen (secondary N) is 1. The van der Waals surface area contributed by atoms with Crippen LogP contribution >= 0.6 is 0 Å². The van der Waals surface area contributed by atoms with E-state index in [9.17, 15) is 0 Å². The molecule has 0 amide bonds. The molecule has 4 nitrogen and oxygen atoms in total. The van der Waals surface area contributed by atoms with Crippen molar-refractivity contribution < 1.29 is 4.42 Å². The molecule has 0 bridgehead atoms. The molecule has 0 aliphatic heterocycles. The van der Waals surface area contributed by atoms with Crippen molar-refractivity contribution in [2.24, 2.45) is 0 Å². The van der Waals surface area contributed by atoms with Crippen LogP contribution in [0.15, 0.2) is 34.7 Å². The highest BCUT2D eigenvalue weighted by Crippen LogP contribution is 2.20. The second-order valence-electron chi connectivity index (χ2n) is 5.97. The van der Waals surface area contributed by atoms with E-state index in [-0.39, 0.29) is 0 Å². The Kier molecular flexibility index (Phi) is 4.36. The number of hydrogen-bond acceptors (Lipinski definition) is 4. The van der Waals surface area contributed by atoms with Gasteiger partial charge in [0.15, 0.2) is 0 Å². The Morgan fingerprint density at radius 1 is 1.19 bits per heavy atom. The van der Waals surface area contributed by atoms with E-state index in [0.29, 0.717) is 6.04 Å². The first kappa shape index (κ1) is 14.3. The number of aryl methyl sites for hydroxylation is 1. The van der Waals surface area contributed by atoms with Crippen molar-refractivity contribution in [1.29, 1.82) is 0 Å². The first-order valence-corrected chi connectivity index (χ1v) is 7.61. The quantitative estimate of drug-likeness (QED) is 0.849. The van der Waals surface area contributed by atoms with Gasteiger partial charge in [-0.3, -0.25) is 9.88 Å². The summed E-state index contributed by atoms with van der Waals surface area (Å²) in [5.41, 5.74) is 2.16. The molecule has 3 rings (SSSR count). The molecular formula is C17H23N3O. The van der Waals surface area contributed by atoms with Crippen LogP contribution in [-0.4, -0.2) is 23.0 Å². The summed E-state index contributed by atoms with van der Waals surface area (Å²) in [4.78, 5) is 6.75. The molecule has 4 heteroatoms. The Bertz CT molecular complexity index is 589. The van der Waals surface area contributed by atoms with Gasteiger partial charge in [0, 0.05) is 18.3 Å². The normalized spacial score (nSPS) is 14.8. The largest absolute Gasteiger partial charge is 0.463 e. The molecule has 2 aromatic heterocycles. The van der Waals surface area contributed by atoms with Gasteiger partial charge in [0.1, 0.15) is 11.5 Å². The molecule has 0 aromatic carbocycles. The SMILES string of the molecule is Cc1cccc(CN(C)Cc2ccc(CNC3CC3)o2)n1. The standard InChI is InChI=1S/C17H23N3O/c1-13-4-3-5-15(19-13)11-20(2)12-17-9-8-16(21-17)10-18-14-6-7-14/h3-5,8-9,14,18H,6-7,10-12H2,1-2H3. The summed E-state index contributed by atoms with van der Waals surface area (Å²) in [6, 6.07) is 11.0. The predicted molar refractivity (Wildman–Crippen MR) is 82.7 cm³/mol. The van der Waals surface area contributed by atoms with E-state index in [0.717, 1.165) is 42.5 Å². The zero-order chi connectivity index (χ0) is 14.7. The summed E-state index contributed by atoms with van der Waals surface area (Å²) < 4.78 is 5.87. The number of pyridine rings is 1. The second kappa shape index (κ2) is 6.41. The minimum atomic E-state index is 0.716. The highest BCUT2D eigenvalue weighted by atomic mass is 16.3. The minimum Gasteiger partial charge on any atom is -0.463 e. The van der Waals surface area contributed by atoms with Crippen LogP contribution < -0.4 is 5.32 Å². The highest BCUT2D eigenvalue weighted by Gasteiger charge is 2.20. The fourth-order valence-corrected chi connectivity index (χ4v) is 2.42. The van der Waals surface area contributed by atoms with Crippen molar-refractivity contribution in [1.82, 2.24) is 15.2 Å². The van der Waals surface area contributed by atoms with Gasteiger partial charge in [0.2, 0.25) is 0 Å². The topological polar surface area (TPSA) is 41.3 Å². The summed E-state index contributed by atoms with van der Waals surface area (Å²) in [7, 11) is 2.09. The van der Waals surface area contributed by atoms with Gasteiger partial charge >= 0.3 is 0 Å². The van der Waals surface area contributed by atoms with E-state index in [4.69, 9.17) is 4.42 Å². The number of rotatable bonds is 7. The molecule has 2 heterocycles. The fraction of sp³-hybridized carbons (Fsp3) is 0.471. The number of furan rings is 1. The fourth-order valence-electron chi connectivity index (χ4n) is 2.42. The summed E-state index contributed by atoms with van der Waals surface area (Å²) in [6.07, 6.45) is 2.61. The molecule has 0 saturated heterocycles. The van der Waals surface area contributed by atoms with Gasteiger partial charge in [-0.25, -0.2) is 0 Å². The number of aromatic nitrogens is 1. The van der Waals surface area contributed by atoms with Crippen molar-refractivity contribution in [3.63, 3.8) is 0 Å². The molecule has 1 fully saturated rings. The molecule has 1 aliphatic carbocycles. The lowest BCUT2D eigenvalue weighted by molar-refractivity contribution is 0.279. The van der Waals surface area contributed by atoms with Crippen LogP contribution in [0.2, 0.25) is 0 Å². The molecule has 0 unspecified atom stereocenters. The molecule has 0 atom stereocenters. The third kappa shape index (κ3) is 4.41. The van der Waals surface area contributed by atoms with Crippen molar-refractivity contribution >= 4 is 0 Å². The maximum absolute atomic E-state index is 5.87. The average molecular weight is 285 g/mol. The van der Waals surface area contributed by atoms with Gasteiger partial charge in [-0.2, -0.15) is 0 Å². The molecule has 21 heavy (non-hydrogen) atoms. The van der Waals surface area contributed by atoms with Crippen molar-refractivity contribution in [3.05, 3.63) is 53.2 Å². The average Bonchev–Trinajstić information content (AvgIpc) is 3.17. The van der Waals surface area contributed by atoms with Crippen molar-refractivity contribution in [2.45, 2.75) is 45.4 Å². The van der Waals surface area contributed by atoms with E-state index in [1.165, 1.54) is 12.8 Å². The van der Waals surface area contributed by atoms with Gasteiger partial charge in [-0.1, -0.05) is 6.07 Å². The molecule has 112 valence electrons. The highest BCUT2D eigenvalue weighted by molar-refractivity contribution is 5.11. The summed E-state index contributed by atoms with van der Waals surface area (Å²) in [5, 5.41) is 3.47. The van der Waals surface area contributed by atoms with Crippen LogP contribution in [0.1, 0.15) is 35.7 Å². The molecule has 1 N–H and O–H groups in total. The van der Waals surface area contributed by atoms with Crippen LogP contribution in [-0.2, 0) is 19.6 Å². The molecule has 1 aliphatic rings. The monoisotopic (exact) mass is 285 g/mol. The van der Waals surface area contributed by atoms with Gasteiger partial charge in [-0.05, 0) is 51.1 Å². The third-order valence-electron chi connectivity index (χ3n) is 3.66.